The van der Waals surface area contributed by atoms with E-state index in [-0.39, 0.29) is 0 Å². The van der Waals surface area contributed by atoms with Crippen molar-refractivity contribution in [3.63, 3.8) is 0 Å². The van der Waals surface area contributed by atoms with Crippen LogP contribution in [0, 0.1) is 0 Å². The van der Waals surface area contributed by atoms with Crippen LogP contribution >= 0.6 is 0 Å². The van der Waals surface area contributed by atoms with Crippen molar-refractivity contribution in [2.45, 2.75) is 32.2 Å². The molecule has 1 atom stereocenters. The van der Waals surface area contributed by atoms with Gasteiger partial charge in [0.15, 0.2) is 0 Å². The fourth-order valence-electron chi connectivity index (χ4n) is 2.11. The Labute approximate surface area is 91.9 Å². The predicted octanol–water partition coefficient (Wildman–Crippen LogP) is 0.877. The number of carbonyl (C=O) groups is 1. The highest BCUT2D eigenvalue weighted by Crippen LogP contribution is 2.11. The van der Waals surface area contributed by atoms with Gasteiger partial charge in [-0.1, -0.05) is 6.92 Å². The Morgan fingerprint density at radius 2 is 2.20 bits per heavy atom. The number of hydrogen-bond donors (Lipinski definition) is 1. The summed E-state index contributed by atoms with van der Waals surface area (Å²) >= 11 is 0. The number of likely N-dealkylation sites (N-methyl/N-ethyl adjacent to an activating group) is 1. The van der Waals surface area contributed by atoms with Crippen LogP contribution < -0.4 is 0 Å². The first-order chi connectivity index (χ1) is 7.13. The summed E-state index contributed by atoms with van der Waals surface area (Å²) in [6, 6.07) is 0.642. The van der Waals surface area contributed by atoms with Crippen LogP contribution in [0.15, 0.2) is 0 Å². The van der Waals surface area contributed by atoms with Crippen LogP contribution in [0.2, 0.25) is 0 Å². The summed E-state index contributed by atoms with van der Waals surface area (Å²) in [7, 11) is 2.17. The van der Waals surface area contributed by atoms with Gasteiger partial charge < -0.3 is 14.9 Å². The number of hydrogen-bond acceptors (Lipinski definition) is 3. The van der Waals surface area contributed by atoms with Crippen LogP contribution in [-0.4, -0.2) is 60.1 Å². The largest absolute Gasteiger partial charge is 0.481 e. The topological polar surface area (TPSA) is 43.8 Å². The van der Waals surface area contributed by atoms with Crippen LogP contribution in [0.4, 0.5) is 0 Å². The number of rotatable bonds is 5. The normalized spacial score (nSPS) is 24.3. The maximum absolute atomic E-state index is 10.4. The van der Waals surface area contributed by atoms with E-state index in [1.807, 2.05) is 0 Å². The molecular weight excluding hydrogens is 192 g/mol. The minimum Gasteiger partial charge on any atom is -0.481 e. The molecule has 0 aromatic rings. The lowest BCUT2D eigenvalue weighted by atomic mass is 10.1. The van der Waals surface area contributed by atoms with Gasteiger partial charge >= 0.3 is 5.97 Å². The number of carboxylic acids is 1. The molecule has 1 heterocycles. The zero-order valence-corrected chi connectivity index (χ0v) is 9.78. The van der Waals surface area contributed by atoms with Gasteiger partial charge in [-0.25, -0.2) is 0 Å². The van der Waals surface area contributed by atoms with Crippen molar-refractivity contribution < 1.29 is 9.90 Å². The molecule has 0 amide bonds. The Kier molecular flexibility index (Phi) is 5.05. The zero-order valence-electron chi connectivity index (χ0n) is 9.78. The van der Waals surface area contributed by atoms with Gasteiger partial charge in [-0.2, -0.15) is 0 Å². The first-order valence-corrected chi connectivity index (χ1v) is 5.78. The van der Waals surface area contributed by atoms with E-state index in [9.17, 15) is 4.79 Å². The number of piperazine rings is 1. The van der Waals surface area contributed by atoms with E-state index in [0.29, 0.717) is 12.5 Å². The zero-order chi connectivity index (χ0) is 11.3. The fraction of sp³-hybridized carbons (Fsp3) is 0.909. The summed E-state index contributed by atoms with van der Waals surface area (Å²) < 4.78 is 0. The molecule has 0 aromatic heterocycles. The summed E-state index contributed by atoms with van der Waals surface area (Å²) in [4.78, 5) is 15.2. The smallest absolute Gasteiger partial charge is 0.303 e. The van der Waals surface area contributed by atoms with Crippen LogP contribution in [0.25, 0.3) is 0 Å². The second kappa shape index (κ2) is 6.08. The van der Waals surface area contributed by atoms with Crippen molar-refractivity contribution in [2.75, 3.05) is 33.2 Å². The van der Waals surface area contributed by atoms with Gasteiger partial charge in [-0.05, 0) is 26.4 Å². The molecule has 0 aromatic carbocycles. The van der Waals surface area contributed by atoms with Crippen molar-refractivity contribution in [1.29, 1.82) is 0 Å². The molecule has 0 aliphatic carbocycles. The second-order valence-corrected chi connectivity index (χ2v) is 4.34. The Morgan fingerprint density at radius 1 is 1.47 bits per heavy atom. The molecule has 1 aliphatic heterocycles. The monoisotopic (exact) mass is 214 g/mol. The predicted molar refractivity (Wildman–Crippen MR) is 60.0 cm³/mol. The van der Waals surface area contributed by atoms with Crippen LogP contribution in [0.3, 0.4) is 0 Å². The lowest BCUT2D eigenvalue weighted by Gasteiger charge is -2.39. The maximum Gasteiger partial charge on any atom is 0.303 e. The molecule has 0 radical (unpaired) electrons. The van der Waals surface area contributed by atoms with Crippen molar-refractivity contribution in [3.8, 4) is 0 Å². The molecule has 1 rings (SSSR count). The van der Waals surface area contributed by atoms with Crippen LogP contribution in [0.1, 0.15) is 26.2 Å². The maximum atomic E-state index is 10.4. The quantitative estimate of drug-likeness (QED) is 0.738. The lowest BCUT2D eigenvalue weighted by molar-refractivity contribution is -0.137. The van der Waals surface area contributed by atoms with Crippen molar-refractivity contribution >= 4 is 5.97 Å². The molecule has 15 heavy (non-hydrogen) atoms. The van der Waals surface area contributed by atoms with Crippen molar-refractivity contribution in [3.05, 3.63) is 0 Å². The minimum atomic E-state index is -0.684. The van der Waals surface area contributed by atoms with Crippen LogP contribution in [-0.2, 0) is 4.79 Å². The number of aliphatic carboxylic acids is 1. The Hall–Kier alpha value is -0.610. The molecule has 0 bridgehead atoms. The summed E-state index contributed by atoms with van der Waals surface area (Å²) in [5.41, 5.74) is 0. The fourth-order valence-corrected chi connectivity index (χ4v) is 2.11. The van der Waals surface area contributed by atoms with E-state index in [1.54, 1.807) is 0 Å². The highest BCUT2D eigenvalue weighted by atomic mass is 16.4. The molecular formula is C11H22N2O2. The SMILES string of the molecule is CCC1CN(CCCC(=O)O)CCN1C. The minimum absolute atomic E-state index is 0.295. The molecule has 1 saturated heterocycles. The standard InChI is InChI=1S/C11H22N2O2/c1-3-10-9-13(8-7-12(10)2)6-4-5-11(14)15/h10H,3-9H2,1-2H3,(H,14,15). The average Bonchev–Trinajstić information content (AvgIpc) is 2.20. The molecule has 1 fully saturated rings. The summed E-state index contributed by atoms with van der Waals surface area (Å²) in [5.74, 6) is -0.684. The third-order valence-electron chi connectivity index (χ3n) is 3.20. The summed E-state index contributed by atoms with van der Waals surface area (Å²) in [5, 5.41) is 8.56. The van der Waals surface area contributed by atoms with Gasteiger partial charge in [0.2, 0.25) is 0 Å². The summed E-state index contributed by atoms with van der Waals surface area (Å²) in [6.45, 7) is 6.41. The van der Waals surface area contributed by atoms with E-state index in [2.05, 4.69) is 23.8 Å². The van der Waals surface area contributed by atoms with Gasteiger partial charge in [-0.15, -0.1) is 0 Å². The summed E-state index contributed by atoms with van der Waals surface area (Å²) in [6.07, 6.45) is 2.24. The first-order valence-electron chi connectivity index (χ1n) is 5.78. The Morgan fingerprint density at radius 3 is 2.80 bits per heavy atom. The Bertz CT molecular complexity index is 209. The van der Waals surface area contributed by atoms with E-state index >= 15 is 0 Å². The molecule has 1 aliphatic rings. The van der Waals surface area contributed by atoms with Crippen molar-refractivity contribution in [2.24, 2.45) is 0 Å². The molecule has 1 N–H and O–H groups in total. The van der Waals surface area contributed by atoms with E-state index < -0.39 is 5.97 Å². The van der Waals surface area contributed by atoms with E-state index in [4.69, 9.17) is 5.11 Å². The van der Waals surface area contributed by atoms with Crippen molar-refractivity contribution in [1.82, 2.24) is 9.80 Å². The van der Waals surface area contributed by atoms with E-state index in [1.165, 1.54) is 6.42 Å². The third kappa shape index (κ3) is 4.18. The van der Waals surface area contributed by atoms with Crippen LogP contribution in [0.5, 0.6) is 0 Å². The molecule has 0 spiro atoms. The van der Waals surface area contributed by atoms with Gasteiger partial charge in [0.05, 0.1) is 0 Å². The second-order valence-electron chi connectivity index (χ2n) is 4.34. The molecule has 4 heteroatoms. The van der Waals surface area contributed by atoms with Gasteiger partial charge in [0.1, 0.15) is 0 Å². The highest BCUT2D eigenvalue weighted by molar-refractivity contribution is 5.66. The van der Waals surface area contributed by atoms with Gasteiger partial charge in [-0.3, -0.25) is 4.79 Å². The number of nitrogens with zero attached hydrogens (tertiary/aromatic N) is 2. The highest BCUT2D eigenvalue weighted by Gasteiger charge is 2.22. The first kappa shape index (κ1) is 12.5. The van der Waals surface area contributed by atoms with E-state index in [0.717, 1.165) is 32.6 Å². The number of carboxylic acid groups (broad SMARTS) is 1. The molecule has 0 saturated carbocycles. The molecule has 1 unspecified atom stereocenters. The molecule has 88 valence electrons. The molecule has 4 nitrogen and oxygen atoms in total. The van der Waals surface area contributed by atoms with Gasteiger partial charge in [0, 0.05) is 32.1 Å². The third-order valence-corrected chi connectivity index (χ3v) is 3.20. The van der Waals surface area contributed by atoms with Gasteiger partial charge in [0.25, 0.3) is 0 Å². The lowest BCUT2D eigenvalue weighted by Crippen LogP contribution is -2.51. The Balaban J connectivity index is 2.23. The average molecular weight is 214 g/mol.